The second-order valence-corrected chi connectivity index (χ2v) is 6.92. The molecule has 0 saturated carbocycles. The van der Waals surface area contributed by atoms with Gasteiger partial charge in [0.1, 0.15) is 29.6 Å². The molecule has 2 rings (SSSR count). The second kappa shape index (κ2) is 11.0. The van der Waals surface area contributed by atoms with Gasteiger partial charge in [-0.05, 0) is 44.0 Å². The molecule has 0 spiro atoms. The molecule has 0 aliphatic heterocycles. The molecule has 0 saturated heterocycles. The first-order valence-corrected chi connectivity index (χ1v) is 9.92. The van der Waals surface area contributed by atoms with E-state index < -0.39 is 0 Å². The first-order valence-electron chi connectivity index (χ1n) is 9.92. The first-order chi connectivity index (χ1) is 14.5. The number of aryl methyl sites for hydroxylation is 2. The predicted octanol–water partition coefficient (Wildman–Crippen LogP) is 1.81. The number of hydrogen-bond donors (Lipinski definition) is 3. The normalized spacial score (nSPS) is 11.8. The lowest BCUT2D eigenvalue weighted by atomic mass is 10.2. The fraction of sp³-hybridized carbons (Fsp3) is 0.429. The van der Waals surface area contributed by atoms with Crippen molar-refractivity contribution in [2.24, 2.45) is 0 Å². The summed E-state index contributed by atoms with van der Waals surface area (Å²) in [5.41, 5.74) is 9.44. The predicted molar refractivity (Wildman–Crippen MR) is 117 cm³/mol. The van der Waals surface area contributed by atoms with E-state index in [-0.39, 0.29) is 18.0 Å². The van der Waals surface area contributed by atoms with Crippen LogP contribution in [0.15, 0.2) is 23.9 Å². The molecule has 9 nitrogen and oxygen atoms in total. The Kier molecular flexibility index (Phi) is 8.38. The third-order valence-corrected chi connectivity index (χ3v) is 4.74. The Balaban J connectivity index is 2.12. The molecule has 2 heterocycles. The standard InChI is InChI=1S/C21H29N7O2/c1-4-17-15(2)26-28-19(23)18(13-22)20(25-21(17)28)24-9-8-16(14-30)7-5-10-27(3)11-6-12-29/h5,7,10,14,29H,4,6,8-9,11-12,23H2,1-3H3,(H,24,25)/b10-5-,16-7-. The number of nitrogens with two attached hydrogens (primary N) is 1. The van der Waals surface area contributed by atoms with Crippen LogP contribution < -0.4 is 11.1 Å². The minimum Gasteiger partial charge on any atom is -0.396 e. The Hall–Kier alpha value is -3.38. The summed E-state index contributed by atoms with van der Waals surface area (Å²) in [6.07, 6.45) is 8.11. The summed E-state index contributed by atoms with van der Waals surface area (Å²) in [7, 11) is 1.90. The quantitative estimate of drug-likeness (QED) is 0.290. The number of fused-ring (bicyclic) bond motifs is 1. The van der Waals surface area contributed by atoms with E-state index in [2.05, 4.69) is 21.5 Å². The number of allylic oxidation sites excluding steroid dienone is 2. The number of anilines is 2. The highest BCUT2D eigenvalue weighted by Gasteiger charge is 2.18. The van der Waals surface area contributed by atoms with E-state index in [4.69, 9.17) is 10.8 Å². The SMILES string of the molecule is CCc1c(C)nn2c(N)c(C#N)c(NCC/C(C=O)=C/C=C\N(C)CCCO)nc12. The maximum atomic E-state index is 11.4. The van der Waals surface area contributed by atoms with Crippen LogP contribution in [0.4, 0.5) is 11.6 Å². The topological polar surface area (TPSA) is 133 Å². The average Bonchev–Trinajstić information content (AvgIpc) is 3.06. The lowest BCUT2D eigenvalue weighted by molar-refractivity contribution is -0.105. The summed E-state index contributed by atoms with van der Waals surface area (Å²) in [5.74, 6) is 0.634. The van der Waals surface area contributed by atoms with E-state index in [9.17, 15) is 10.1 Å². The van der Waals surface area contributed by atoms with Crippen molar-refractivity contribution in [1.29, 1.82) is 5.26 Å². The highest BCUT2D eigenvalue weighted by Crippen LogP contribution is 2.25. The molecule has 0 aliphatic carbocycles. The first kappa shape index (κ1) is 22.9. The van der Waals surface area contributed by atoms with Crippen LogP contribution >= 0.6 is 0 Å². The summed E-state index contributed by atoms with van der Waals surface area (Å²) < 4.78 is 1.51. The van der Waals surface area contributed by atoms with Crippen molar-refractivity contribution in [3.8, 4) is 6.07 Å². The maximum Gasteiger partial charge on any atom is 0.163 e. The van der Waals surface area contributed by atoms with E-state index >= 15 is 0 Å². The van der Waals surface area contributed by atoms with Crippen LogP contribution in [-0.2, 0) is 11.2 Å². The monoisotopic (exact) mass is 411 g/mol. The molecule has 160 valence electrons. The fourth-order valence-electron chi connectivity index (χ4n) is 3.09. The molecule has 0 aromatic carbocycles. The lowest BCUT2D eigenvalue weighted by Gasteiger charge is -2.12. The van der Waals surface area contributed by atoms with Gasteiger partial charge in [-0.2, -0.15) is 14.9 Å². The van der Waals surface area contributed by atoms with Gasteiger partial charge in [0.25, 0.3) is 0 Å². The maximum absolute atomic E-state index is 11.4. The second-order valence-electron chi connectivity index (χ2n) is 6.92. The van der Waals surface area contributed by atoms with Gasteiger partial charge in [0.05, 0.1) is 5.69 Å². The van der Waals surface area contributed by atoms with Gasteiger partial charge >= 0.3 is 0 Å². The molecular formula is C21H29N7O2. The zero-order chi connectivity index (χ0) is 22.1. The molecule has 0 amide bonds. The number of hydrogen-bond acceptors (Lipinski definition) is 8. The molecule has 0 radical (unpaired) electrons. The third kappa shape index (κ3) is 5.36. The van der Waals surface area contributed by atoms with Gasteiger partial charge in [-0.3, -0.25) is 4.79 Å². The Morgan fingerprint density at radius 3 is 2.87 bits per heavy atom. The van der Waals surface area contributed by atoms with Crippen molar-refractivity contribution in [3.05, 3.63) is 40.7 Å². The van der Waals surface area contributed by atoms with Gasteiger partial charge in [-0.1, -0.05) is 13.0 Å². The Labute approximate surface area is 176 Å². The Morgan fingerprint density at radius 2 is 2.23 bits per heavy atom. The van der Waals surface area contributed by atoms with Crippen molar-refractivity contribution in [2.45, 2.75) is 33.1 Å². The molecule has 0 aliphatic rings. The van der Waals surface area contributed by atoms with Crippen LogP contribution in [-0.4, -0.2) is 57.6 Å². The smallest absolute Gasteiger partial charge is 0.163 e. The summed E-state index contributed by atoms with van der Waals surface area (Å²) in [6, 6.07) is 2.09. The van der Waals surface area contributed by atoms with E-state index in [0.29, 0.717) is 36.4 Å². The van der Waals surface area contributed by atoms with E-state index in [1.165, 1.54) is 4.52 Å². The van der Waals surface area contributed by atoms with Crippen LogP contribution in [0, 0.1) is 18.3 Å². The molecule has 0 atom stereocenters. The van der Waals surface area contributed by atoms with Crippen LogP contribution in [0.25, 0.3) is 5.65 Å². The summed E-state index contributed by atoms with van der Waals surface area (Å²) in [4.78, 5) is 17.9. The number of aliphatic hydroxyl groups excluding tert-OH is 1. The van der Waals surface area contributed by atoms with Gasteiger partial charge in [0.2, 0.25) is 0 Å². The number of aliphatic hydroxyl groups is 1. The number of carbonyl (C=O) groups excluding carboxylic acids is 1. The van der Waals surface area contributed by atoms with E-state index in [1.54, 1.807) is 12.2 Å². The van der Waals surface area contributed by atoms with Crippen LogP contribution in [0.1, 0.15) is 36.6 Å². The summed E-state index contributed by atoms with van der Waals surface area (Å²) >= 11 is 0. The van der Waals surface area contributed by atoms with Gasteiger partial charge < -0.3 is 21.1 Å². The van der Waals surface area contributed by atoms with Gasteiger partial charge in [0, 0.05) is 32.3 Å². The van der Waals surface area contributed by atoms with Crippen molar-refractivity contribution >= 4 is 23.6 Å². The summed E-state index contributed by atoms with van der Waals surface area (Å²) in [5, 5.41) is 25.9. The summed E-state index contributed by atoms with van der Waals surface area (Å²) in [6.45, 7) is 5.21. The molecule has 9 heteroatoms. The molecule has 0 unspecified atom stereocenters. The van der Waals surface area contributed by atoms with Crippen LogP contribution in [0.3, 0.4) is 0 Å². The number of aromatic nitrogens is 3. The number of nitriles is 1. The zero-order valence-electron chi connectivity index (χ0n) is 17.7. The van der Waals surface area contributed by atoms with E-state index in [0.717, 1.165) is 30.5 Å². The van der Waals surface area contributed by atoms with Gasteiger partial charge in [0.15, 0.2) is 5.65 Å². The Morgan fingerprint density at radius 1 is 1.47 bits per heavy atom. The molecule has 2 aromatic rings. The van der Waals surface area contributed by atoms with Gasteiger partial charge in [-0.25, -0.2) is 4.98 Å². The van der Waals surface area contributed by atoms with Gasteiger partial charge in [-0.15, -0.1) is 0 Å². The number of nitrogens with one attached hydrogen (secondary N) is 1. The van der Waals surface area contributed by atoms with Crippen molar-refractivity contribution in [1.82, 2.24) is 19.5 Å². The molecule has 30 heavy (non-hydrogen) atoms. The largest absolute Gasteiger partial charge is 0.396 e. The lowest BCUT2D eigenvalue weighted by Crippen LogP contribution is -2.13. The van der Waals surface area contributed by atoms with Crippen LogP contribution in [0.2, 0.25) is 0 Å². The molecule has 2 aromatic heterocycles. The number of aldehydes is 1. The van der Waals surface area contributed by atoms with Crippen molar-refractivity contribution < 1.29 is 9.90 Å². The Bertz CT molecular complexity index is 986. The number of rotatable bonds is 11. The van der Waals surface area contributed by atoms with E-state index in [1.807, 2.05) is 32.0 Å². The molecule has 0 bridgehead atoms. The average molecular weight is 412 g/mol. The third-order valence-electron chi connectivity index (χ3n) is 4.74. The van der Waals surface area contributed by atoms with Crippen LogP contribution in [0.5, 0.6) is 0 Å². The highest BCUT2D eigenvalue weighted by molar-refractivity contribution is 5.74. The number of nitrogen functional groups attached to an aromatic ring is 1. The highest BCUT2D eigenvalue weighted by atomic mass is 16.3. The fourth-order valence-corrected chi connectivity index (χ4v) is 3.09. The minimum atomic E-state index is 0.146. The van der Waals surface area contributed by atoms with Crippen molar-refractivity contribution in [3.63, 3.8) is 0 Å². The number of carbonyl (C=O) groups is 1. The molecule has 0 fully saturated rings. The minimum absolute atomic E-state index is 0.146. The van der Waals surface area contributed by atoms with Crippen molar-refractivity contribution in [2.75, 3.05) is 37.8 Å². The molecular weight excluding hydrogens is 382 g/mol. The number of nitrogens with zero attached hydrogens (tertiary/aromatic N) is 5. The zero-order valence-corrected chi connectivity index (χ0v) is 17.7. The molecule has 4 N–H and O–H groups in total.